The number of primary amides is 1. The quantitative estimate of drug-likeness (QED) is 0.597. The van der Waals surface area contributed by atoms with E-state index in [2.05, 4.69) is 0 Å². The third-order valence-corrected chi connectivity index (χ3v) is 4.83. The molecule has 2 atom stereocenters. The predicted octanol–water partition coefficient (Wildman–Crippen LogP) is 1.45. The maximum atomic E-state index is 14.9. The minimum atomic E-state index is -4.02. The zero-order valence-corrected chi connectivity index (χ0v) is 15.7. The van der Waals surface area contributed by atoms with Crippen LogP contribution in [-0.4, -0.2) is 58.8 Å². The van der Waals surface area contributed by atoms with Gasteiger partial charge in [0.05, 0.1) is 18.8 Å². The molecule has 1 amide bonds. The lowest BCUT2D eigenvalue weighted by Crippen LogP contribution is -2.62. The molecule has 2 unspecified atom stereocenters. The summed E-state index contributed by atoms with van der Waals surface area (Å²) in [6, 6.07) is 8.30. The van der Waals surface area contributed by atoms with Gasteiger partial charge < -0.3 is 20.7 Å². The summed E-state index contributed by atoms with van der Waals surface area (Å²) in [5.74, 6) is -7.79. The van der Waals surface area contributed by atoms with Gasteiger partial charge in [0.25, 0.3) is 5.91 Å². The molecule has 8 heteroatoms. The molecule has 0 aromatic heterocycles. The van der Waals surface area contributed by atoms with E-state index in [1.54, 1.807) is 35.2 Å². The number of ether oxygens (including phenoxy) is 1. The summed E-state index contributed by atoms with van der Waals surface area (Å²) in [7, 11) is 0. The van der Waals surface area contributed by atoms with E-state index >= 15 is 0 Å². The third-order valence-electron chi connectivity index (χ3n) is 4.83. The van der Waals surface area contributed by atoms with Crippen LogP contribution in [0.1, 0.15) is 32.3 Å². The second-order valence-corrected chi connectivity index (χ2v) is 7.58. The Labute approximate surface area is 157 Å². The molecule has 27 heavy (non-hydrogen) atoms. The Kier molecular flexibility index (Phi) is 6.57. The van der Waals surface area contributed by atoms with Crippen LogP contribution in [0, 0.1) is 5.92 Å². The van der Waals surface area contributed by atoms with Crippen LogP contribution >= 0.6 is 0 Å². The van der Waals surface area contributed by atoms with Crippen LogP contribution in [0.15, 0.2) is 30.3 Å². The maximum Gasteiger partial charge on any atom is 0.333 e. The molecule has 0 aliphatic carbocycles. The van der Waals surface area contributed by atoms with Crippen molar-refractivity contribution in [1.29, 1.82) is 0 Å². The van der Waals surface area contributed by atoms with E-state index in [0.717, 1.165) is 12.8 Å². The number of carbonyl (C=O) groups is 1. The van der Waals surface area contributed by atoms with Crippen molar-refractivity contribution < 1.29 is 28.5 Å². The van der Waals surface area contributed by atoms with Crippen LogP contribution in [0.25, 0.3) is 0 Å². The number of benzene rings is 1. The number of nitrogens with zero attached hydrogens (tertiary/aromatic N) is 1. The Balaban J connectivity index is 2.67. The van der Waals surface area contributed by atoms with E-state index in [1.807, 2.05) is 0 Å². The fourth-order valence-corrected chi connectivity index (χ4v) is 3.55. The van der Waals surface area contributed by atoms with Gasteiger partial charge in [0.2, 0.25) is 0 Å². The molecule has 4 N–H and O–H groups in total. The Hall–Kier alpha value is -1.61. The number of rotatable bonds is 9. The van der Waals surface area contributed by atoms with E-state index in [9.17, 15) is 23.8 Å². The van der Waals surface area contributed by atoms with Gasteiger partial charge in [0.1, 0.15) is 5.92 Å². The molecule has 1 heterocycles. The van der Waals surface area contributed by atoms with Crippen LogP contribution in [0.5, 0.6) is 0 Å². The minimum absolute atomic E-state index is 0.274. The summed E-state index contributed by atoms with van der Waals surface area (Å²) in [6.45, 7) is 2.59. The highest BCUT2D eigenvalue weighted by atomic mass is 19.3. The molecule has 1 aliphatic heterocycles. The highest BCUT2D eigenvalue weighted by Crippen LogP contribution is 2.46. The first-order valence-corrected chi connectivity index (χ1v) is 9.01. The molecule has 1 fully saturated rings. The average Bonchev–Trinajstić information content (AvgIpc) is 3.13. The number of aliphatic hydroxyl groups is 2. The van der Waals surface area contributed by atoms with Crippen molar-refractivity contribution in [2.24, 2.45) is 11.7 Å². The molecule has 1 aromatic rings. The summed E-state index contributed by atoms with van der Waals surface area (Å²) in [4.78, 5) is 13.3. The number of alkyl halides is 2. The van der Waals surface area contributed by atoms with E-state index < -0.39 is 35.7 Å². The Morgan fingerprint density at radius 1 is 1.26 bits per heavy atom. The van der Waals surface area contributed by atoms with Crippen molar-refractivity contribution >= 4 is 5.91 Å². The number of hydrogen-bond donors (Lipinski definition) is 3. The molecule has 0 saturated carbocycles. The van der Waals surface area contributed by atoms with Crippen molar-refractivity contribution in [3.05, 3.63) is 35.9 Å². The number of carbonyl (C=O) groups excluding carboxylic acids is 1. The van der Waals surface area contributed by atoms with Gasteiger partial charge in [-0.2, -0.15) is 8.78 Å². The summed E-state index contributed by atoms with van der Waals surface area (Å²) in [5.41, 5.74) is 2.23. The van der Waals surface area contributed by atoms with Crippen molar-refractivity contribution in [3.63, 3.8) is 0 Å². The predicted molar refractivity (Wildman–Crippen MR) is 95.9 cm³/mol. The number of likely N-dealkylation sites (tertiary alicyclic amines) is 1. The Morgan fingerprint density at radius 2 is 1.81 bits per heavy atom. The molecule has 0 radical (unpaired) electrons. The van der Waals surface area contributed by atoms with Gasteiger partial charge in [-0.1, -0.05) is 30.3 Å². The highest BCUT2D eigenvalue weighted by Gasteiger charge is 2.60. The minimum Gasteiger partial charge on any atom is -0.396 e. The van der Waals surface area contributed by atoms with Gasteiger partial charge in [-0.3, -0.25) is 9.69 Å². The van der Waals surface area contributed by atoms with Crippen molar-refractivity contribution in [1.82, 2.24) is 4.90 Å². The van der Waals surface area contributed by atoms with Gasteiger partial charge in [-0.05, 0) is 32.3 Å². The number of nitrogens with two attached hydrogens (primary N) is 1. The molecule has 2 rings (SSSR count). The molecular formula is C19H28F2N2O4. The van der Waals surface area contributed by atoms with Crippen LogP contribution in [-0.2, 0) is 15.3 Å². The molecule has 152 valence electrons. The molecule has 0 spiro atoms. The topological polar surface area (TPSA) is 96.0 Å². The summed E-state index contributed by atoms with van der Waals surface area (Å²) in [5, 5.41) is 20.1. The Morgan fingerprint density at radius 3 is 2.26 bits per heavy atom. The summed E-state index contributed by atoms with van der Waals surface area (Å²) >= 11 is 0. The molecule has 1 aliphatic rings. The second-order valence-electron chi connectivity index (χ2n) is 7.58. The SMILES string of the molecule is CC(C)(O)COC(c1ccccc1)(C(CO)C(F)(F)C(N)=O)N1CCCC1. The first kappa shape index (κ1) is 21.7. The maximum absolute atomic E-state index is 14.9. The number of amides is 1. The van der Waals surface area contributed by atoms with Crippen molar-refractivity contribution in [2.45, 2.75) is 43.9 Å². The molecule has 1 saturated heterocycles. The van der Waals surface area contributed by atoms with Gasteiger partial charge in [-0.15, -0.1) is 0 Å². The van der Waals surface area contributed by atoms with Crippen LogP contribution < -0.4 is 5.73 Å². The summed E-state index contributed by atoms with van der Waals surface area (Å²) in [6.07, 6.45) is 1.53. The molecule has 0 bridgehead atoms. The van der Waals surface area contributed by atoms with Crippen LogP contribution in [0.3, 0.4) is 0 Å². The van der Waals surface area contributed by atoms with Gasteiger partial charge >= 0.3 is 5.92 Å². The highest BCUT2D eigenvalue weighted by molar-refractivity contribution is 5.82. The summed E-state index contributed by atoms with van der Waals surface area (Å²) < 4.78 is 35.7. The van der Waals surface area contributed by atoms with E-state index in [1.165, 1.54) is 13.8 Å². The largest absolute Gasteiger partial charge is 0.396 e. The lowest BCUT2D eigenvalue weighted by molar-refractivity contribution is -0.263. The van der Waals surface area contributed by atoms with Gasteiger partial charge in [-0.25, -0.2) is 0 Å². The first-order chi connectivity index (χ1) is 12.6. The number of hydrogen-bond acceptors (Lipinski definition) is 5. The third kappa shape index (κ3) is 4.45. The standard InChI is InChI=1S/C19H28F2N2O4/c1-17(2,26)13-27-19(23-10-6-7-11-23,14-8-4-3-5-9-14)15(12-24)18(20,21)16(22)25/h3-5,8-9,15,24,26H,6-7,10-13H2,1-2H3,(H2,22,25). The van der Waals surface area contributed by atoms with Gasteiger partial charge in [0.15, 0.2) is 5.72 Å². The monoisotopic (exact) mass is 386 g/mol. The second kappa shape index (κ2) is 8.18. The molecular weight excluding hydrogens is 358 g/mol. The zero-order valence-electron chi connectivity index (χ0n) is 15.7. The number of aliphatic hydroxyl groups excluding tert-OH is 1. The Bertz CT molecular complexity index is 630. The lowest BCUT2D eigenvalue weighted by Gasteiger charge is -2.49. The van der Waals surface area contributed by atoms with Crippen molar-refractivity contribution in [3.8, 4) is 0 Å². The lowest BCUT2D eigenvalue weighted by atomic mass is 9.82. The normalized spacial score (nSPS) is 19.6. The first-order valence-electron chi connectivity index (χ1n) is 9.01. The van der Waals surface area contributed by atoms with Crippen molar-refractivity contribution in [2.75, 3.05) is 26.3 Å². The van der Waals surface area contributed by atoms with Gasteiger partial charge in [0, 0.05) is 13.1 Å². The fraction of sp³-hybridized carbons (Fsp3) is 0.632. The van der Waals surface area contributed by atoms with Crippen LogP contribution in [0.2, 0.25) is 0 Å². The van der Waals surface area contributed by atoms with E-state index in [0.29, 0.717) is 18.7 Å². The fourth-order valence-electron chi connectivity index (χ4n) is 3.55. The zero-order chi connectivity index (χ0) is 20.3. The smallest absolute Gasteiger partial charge is 0.333 e. The van der Waals surface area contributed by atoms with E-state index in [4.69, 9.17) is 10.5 Å². The van der Waals surface area contributed by atoms with E-state index in [-0.39, 0.29) is 6.61 Å². The molecule has 1 aromatic carbocycles. The number of halogens is 2. The van der Waals surface area contributed by atoms with Crippen LogP contribution in [0.4, 0.5) is 8.78 Å². The average molecular weight is 386 g/mol. The molecule has 6 nitrogen and oxygen atoms in total.